The normalized spacial score (nSPS) is 10.3. The Labute approximate surface area is 124 Å². The van der Waals surface area contributed by atoms with Crippen molar-refractivity contribution in [1.29, 1.82) is 0 Å². The minimum absolute atomic E-state index is 0.152. The maximum Gasteiger partial charge on any atom is 0.156 e. The van der Waals surface area contributed by atoms with Crippen LogP contribution in [0.25, 0.3) is 0 Å². The summed E-state index contributed by atoms with van der Waals surface area (Å²) in [4.78, 5) is 19.2. The number of aryl methyl sites for hydroxylation is 2. The monoisotopic (exact) mass is 339 g/mol. The molecule has 1 heterocycles. The first-order valence-electron chi connectivity index (χ1n) is 5.53. The van der Waals surface area contributed by atoms with Crippen LogP contribution < -0.4 is 5.32 Å². The molecule has 0 unspecified atom stereocenters. The van der Waals surface area contributed by atoms with Crippen molar-refractivity contribution < 1.29 is 4.79 Å². The Hall–Kier alpha value is -1.46. The first-order chi connectivity index (χ1) is 9.01. The van der Waals surface area contributed by atoms with Gasteiger partial charge in [-0.25, -0.2) is 9.97 Å². The number of nitrogens with one attached hydrogen (secondary N) is 1. The quantitative estimate of drug-likeness (QED) is 0.676. The van der Waals surface area contributed by atoms with E-state index >= 15 is 0 Å². The van der Waals surface area contributed by atoms with Crippen LogP contribution in [0, 0.1) is 13.8 Å². The van der Waals surface area contributed by atoms with Crippen LogP contribution in [-0.2, 0) is 0 Å². The summed E-state index contributed by atoms with van der Waals surface area (Å²) in [6.45, 7) is 3.70. The largest absolute Gasteiger partial charge is 0.339 e. The molecule has 2 aromatic rings. The lowest BCUT2D eigenvalue weighted by Gasteiger charge is -2.10. The van der Waals surface area contributed by atoms with E-state index in [0.717, 1.165) is 15.7 Å². The highest BCUT2D eigenvalue weighted by molar-refractivity contribution is 9.10. The molecule has 98 valence electrons. The van der Waals surface area contributed by atoms with Gasteiger partial charge in [0.1, 0.15) is 16.8 Å². The lowest BCUT2D eigenvalue weighted by molar-refractivity contribution is 0.112. The van der Waals surface area contributed by atoms with Crippen LogP contribution in [0.4, 0.5) is 11.5 Å². The summed E-state index contributed by atoms with van der Waals surface area (Å²) in [6, 6.07) is 5.76. The Bertz CT molecular complexity index is 646. The van der Waals surface area contributed by atoms with Crippen LogP contribution >= 0.6 is 27.5 Å². The van der Waals surface area contributed by atoms with Crippen LogP contribution in [-0.4, -0.2) is 16.3 Å². The minimum Gasteiger partial charge on any atom is -0.339 e. The molecule has 0 aliphatic carbocycles. The number of anilines is 2. The average molecular weight is 341 g/mol. The van der Waals surface area contributed by atoms with Crippen molar-refractivity contribution in [1.82, 2.24) is 9.97 Å². The molecule has 1 aromatic carbocycles. The van der Waals surface area contributed by atoms with Crippen molar-refractivity contribution in [3.63, 3.8) is 0 Å². The van der Waals surface area contributed by atoms with E-state index in [-0.39, 0.29) is 10.7 Å². The smallest absolute Gasteiger partial charge is 0.156 e. The molecule has 0 atom stereocenters. The molecule has 19 heavy (non-hydrogen) atoms. The van der Waals surface area contributed by atoms with Crippen LogP contribution in [0.1, 0.15) is 21.7 Å². The highest BCUT2D eigenvalue weighted by atomic mass is 79.9. The van der Waals surface area contributed by atoms with E-state index in [2.05, 4.69) is 31.2 Å². The van der Waals surface area contributed by atoms with Crippen molar-refractivity contribution >= 4 is 45.3 Å². The molecule has 1 N–H and O–H groups in total. The summed E-state index contributed by atoms with van der Waals surface area (Å²) < 4.78 is 1.02. The number of benzene rings is 1. The summed E-state index contributed by atoms with van der Waals surface area (Å²) in [5.74, 6) is 0.918. The fourth-order valence-electron chi connectivity index (χ4n) is 1.61. The third-order valence-corrected chi connectivity index (χ3v) is 3.73. The molecule has 0 bridgehead atoms. The lowest BCUT2D eigenvalue weighted by atomic mass is 10.2. The van der Waals surface area contributed by atoms with Gasteiger partial charge in [-0.15, -0.1) is 0 Å². The molecule has 0 aliphatic rings. The van der Waals surface area contributed by atoms with E-state index in [1.54, 1.807) is 6.92 Å². The Balaban J connectivity index is 2.42. The van der Waals surface area contributed by atoms with Gasteiger partial charge in [0, 0.05) is 10.2 Å². The van der Waals surface area contributed by atoms with E-state index < -0.39 is 0 Å². The zero-order valence-corrected chi connectivity index (χ0v) is 12.7. The van der Waals surface area contributed by atoms with Gasteiger partial charge in [-0.2, -0.15) is 0 Å². The van der Waals surface area contributed by atoms with Crippen LogP contribution in [0.2, 0.25) is 5.15 Å². The van der Waals surface area contributed by atoms with Gasteiger partial charge >= 0.3 is 0 Å². The molecular weight excluding hydrogens is 330 g/mol. The zero-order valence-electron chi connectivity index (χ0n) is 10.4. The van der Waals surface area contributed by atoms with Gasteiger partial charge in [0.2, 0.25) is 0 Å². The summed E-state index contributed by atoms with van der Waals surface area (Å²) in [5, 5.41) is 3.24. The lowest BCUT2D eigenvalue weighted by Crippen LogP contribution is -2.03. The van der Waals surface area contributed by atoms with Gasteiger partial charge < -0.3 is 5.32 Å². The third-order valence-electron chi connectivity index (χ3n) is 2.55. The first-order valence-corrected chi connectivity index (χ1v) is 6.71. The summed E-state index contributed by atoms with van der Waals surface area (Å²) in [5.41, 5.74) is 2.17. The average Bonchev–Trinajstić information content (AvgIpc) is 2.33. The second-order valence-electron chi connectivity index (χ2n) is 4.03. The highest BCUT2D eigenvalue weighted by Crippen LogP contribution is 2.25. The van der Waals surface area contributed by atoms with Crippen molar-refractivity contribution in [3.8, 4) is 0 Å². The predicted molar refractivity (Wildman–Crippen MR) is 79.3 cm³/mol. The molecule has 0 spiro atoms. The van der Waals surface area contributed by atoms with Gasteiger partial charge in [-0.1, -0.05) is 27.5 Å². The van der Waals surface area contributed by atoms with Crippen LogP contribution in [0.5, 0.6) is 0 Å². The van der Waals surface area contributed by atoms with Gasteiger partial charge in [-0.05, 0) is 37.6 Å². The molecule has 0 saturated heterocycles. The standard InChI is InChI=1S/C13H11BrClN3O/c1-7-5-9(3-4-11(7)14)18-13-10(6-19)12(15)16-8(2)17-13/h3-6H,1-2H3,(H,16,17,18). The number of aromatic nitrogens is 2. The van der Waals surface area contributed by atoms with E-state index in [1.807, 2.05) is 25.1 Å². The molecule has 0 fully saturated rings. The summed E-state index contributed by atoms with van der Waals surface area (Å²) in [7, 11) is 0. The molecule has 4 nitrogen and oxygen atoms in total. The van der Waals surface area contributed by atoms with Gasteiger partial charge in [0.15, 0.2) is 6.29 Å². The SMILES string of the molecule is Cc1nc(Cl)c(C=O)c(Nc2ccc(Br)c(C)c2)n1. The van der Waals surface area contributed by atoms with E-state index in [4.69, 9.17) is 11.6 Å². The zero-order chi connectivity index (χ0) is 14.0. The number of carbonyl (C=O) groups is 1. The highest BCUT2D eigenvalue weighted by Gasteiger charge is 2.11. The molecule has 1 aromatic heterocycles. The Morgan fingerprint density at radius 2 is 2.05 bits per heavy atom. The summed E-state index contributed by atoms with van der Waals surface area (Å²) >= 11 is 9.36. The number of hydrogen-bond acceptors (Lipinski definition) is 4. The minimum atomic E-state index is 0.152. The van der Waals surface area contributed by atoms with Crippen LogP contribution in [0.3, 0.4) is 0 Å². The Morgan fingerprint density at radius 1 is 1.32 bits per heavy atom. The molecule has 6 heteroatoms. The Kier molecular flexibility index (Phi) is 4.17. The van der Waals surface area contributed by atoms with Gasteiger partial charge in [0.05, 0.1) is 5.56 Å². The number of aldehydes is 1. The molecule has 0 radical (unpaired) electrons. The van der Waals surface area contributed by atoms with Crippen molar-refractivity contribution in [2.24, 2.45) is 0 Å². The third kappa shape index (κ3) is 3.11. The van der Waals surface area contributed by atoms with Crippen molar-refractivity contribution in [3.05, 3.63) is 44.8 Å². The van der Waals surface area contributed by atoms with E-state index in [0.29, 0.717) is 17.9 Å². The summed E-state index contributed by atoms with van der Waals surface area (Å²) in [6.07, 6.45) is 0.649. The van der Waals surface area contributed by atoms with Crippen LogP contribution in [0.15, 0.2) is 22.7 Å². The number of nitrogens with zero attached hydrogens (tertiary/aromatic N) is 2. The number of halogens is 2. The first kappa shape index (κ1) is 14.0. The fraction of sp³-hybridized carbons (Fsp3) is 0.154. The van der Waals surface area contributed by atoms with Crippen molar-refractivity contribution in [2.45, 2.75) is 13.8 Å². The topological polar surface area (TPSA) is 54.9 Å². The molecule has 0 saturated carbocycles. The number of hydrogen-bond donors (Lipinski definition) is 1. The number of rotatable bonds is 3. The van der Waals surface area contributed by atoms with Gasteiger partial charge in [0.25, 0.3) is 0 Å². The maximum atomic E-state index is 11.1. The van der Waals surface area contributed by atoms with E-state index in [1.165, 1.54) is 0 Å². The molecular formula is C13H11BrClN3O. The molecule has 2 rings (SSSR count). The van der Waals surface area contributed by atoms with Gasteiger partial charge in [-0.3, -0.25) is 4.79 Å². The van der Waals surface area contributed by atoms with E-state index in [9.17, 15) is 4.79 Å². The fourth-order valence-corrected chi connectivity index (χ4v) is 2.11. The second kappa shape index (κ2) is 5.67. The molecule has 0 aliphatic heterocycles. The Morgan fingerprint density at radius 3 is 2.68 bits per heavy atom. The second-order valence-corrected chi connectivity index (χ2v) is 5.24. The van der Waals surface area contributed by atoms with Crippen molar-refractivity contribution in [2.75, 3.05) is 5.32 Å². The predicted octanol–water partition coefficient (Wildman–Crippen LogP) is 4.07. The number of carbonyl (C=O) groups excluding carboxylic acids is 1. The molecule has 0 amide bonds. The maximum absolute atomic E-state index is 11.1.